The molecule has 0 aliphatic carbocycles. The highest BCUT2D eigenvalue weighted by Crippen LogP contribution is 2.22. The Morgan fingerprint density at radius 3 is 2.09 bits per heavy atom. The van der Waals surface area contributed by atoms with E-state index < -0.39 is 0 Å². The molecule has 6 heteroatoms. The Hall–Kier alpha value is -1.82. The molecule has 1 aromatic carbocycles. The second-order valence-electron chi connectivity index (χ2n) is 5.26. The van der Waals surface area contributed by atoms with E-state index in [1.807, 2.05) is 0 Å². The van der Waals surface area contributed by atoms with Gasteiger partial charge in [0.1, 0.15) is 11.5 Å². The number of ether oxygens (including phenoxy) is 2. The molecule has 2 rings (SSSR count). The Morgan fingerprint density at radius 2 is 1.59 bits per heavy atom. The minimum atomic E-state index is -0.244. The fourth-order valence-corrected chi connectivity index (χ4v) is 2.74. The fraction of sp³-hybridized carbons (Fsp3) is 0.500. The maximum Gasteiger partial charge on any atom is 0.257 e. The Morgan fingerprint density at radius 1 is 1.05 bits per heavy atom. The number of nitrogens with zero attached hydrogens (tertiary/aromatic N) is 1. The third kappa shape index (κ3) is 4.34. The van der Waals surface area contributed by atoms with Crippen LogP contribution in [0.3, 0.4) is 0 Å². The van der Waals surface area contributed by atoms with Crippen LogP contribution in [-0.2, 0) is 0 Å². The van der Waals surface area contributed by atoms with E-state index in [2.05, 4.69) is 10.2 Å². The Labute approximate surface area is 136 Å². The molecule has 0 radical (unpaired) electrons. The minimum Gasteiger partial charge on any atom is -0.497 e. The first kappa shape index (κ1) is 16.5. The molecule has 1 aliphatic heterocycles. The lowest BCUT2D eigenvalue weighted by Gasteiger charge is -2.23. The maximum absolute atomic E-state index is 12.4. The normalized spacial score (nSPS) is 14.9. The number of benzene rings is 1. The van der Waals surface area contributed by atoms with Crippen LogP contribution in [0.5, 0.6) is 11.5 Å². The molecular formula is C16H22N2O3S. The van der Waals surface area contributed by atoms with Gasteiger partial charge in [-0.25, -0.2) is 0 Å². The SMILES string of the molecule is COc1cc(OC)cc(C(=O)NC(=S)N2CCCCCC2)c1. The van der Waals surface area contributed by atoms with Gasteiger partial charge < -0.3 is 14.4 Å². The van der Waals surface area contributed by atoms with E-state index in [1.165, 1.54) is 12.8 Å². The molecule has 0 spiro atoms. The van der Waals surface area contributed by atoms with Gasteiger partial charge >= 0.3 is 0 Å². The summed E-state index contributed by atoms with van der Waals surface area (Å²) < 4.78 is 10.4. The van der Waals surface area contributed by atoms with E-state index in [4.69, 9.17) is 21.7 Å². The zero-order valence-electron chi connectivity index (χ0n) is 13.1. The van der Waals surface area contributed by atoms with Crippen molar-refractivity contribution in [2.75, 3.05) is 27.3 Å². The van der Waals surface area contributed by atoms with Crippen molar-refractivity contribution in [2.24, 2.45) is 0 Å². The summed E-state index contributed by atoms with van der Waals surface area (Å²) in [5.41, 5.74) is 0.466. The molecule has 1 fully saturated rings. The quantitative estimate of drug-likeness (QED) is 0.867. The summed E-state index contributed by atoms with van der Waals surface area (Å²) in [6, 6.07) is 5.07. The van der Waals surface area contributed by atoms with Crippen LogP contribution in [0.4, 0.5) is 0 Å². The smallest absolute Gasteiger partial charge is 0.257 e. The Balaban J connectivity index is 2.06. The topological polar surface area (TPSA) is 50.8 Å². The van der Waals surface area contributed by atoms with Gasteiger partial charge in [0, 0.05) is 24.7 Å². The number of hydrogen-bond donors (Lipinski definition) is 1. The molecule has 1 aliphatic rings. The number of rotatable bonds is 3. The zero-order chi connectivity index (χ0) is 15.9. The lowest BCUT2D eigenvalue weighted by atomic mass is 10.2. The van der Waals surface area contributed by atoms with Crippen LogP contribution in [0.15, 0.2) is 18.2 Å². The Kier molecular flexibility index (Phi) is 6.00. The van der Waals surface area contributed by atoms with Crippen molar-refractivity contribution in [2.45, 2.75) is 25.7 Å². The molecule has 0 saturated carbocycles. The van der Waals surface area contributed by atoms with Gasteiger partial charge in [0.15, 0.2) is 5.11 Å². The van der Waals surface area contributed by atoms with E-state index in [0.29, 0.717) is 22.2 Å². The molecule has 0 bridgehead atoms. The summed E-state index contributed by atoms with van der Waals surface area (Å²) >= 11 is 5.36. The molecule has 1 amide bonds. The molecule has 120 valence electrons. The summed E-state index contributed by atoms with van der Waals surface area (Å²) in [5.74, 6) is 0.904. The molecule has 0 unspecified atom stereocenters. The first-order valence-electron chi connectivity index (χ1n) is 7.47. The van der Waals surface area contributed by atoms with Crippen molar-refractivity contribution in [3.8, 4) is 11.5 Å². The number of methoxy groups -OCH3 is 2. The lowest BCUT2D eigenvalue weighted by molar-refractivity contribution is 0.0972. The summed E-state index contributed by atoms with van der Waals surface area (Å²) in [5, 5.41) is 3.30. The number of carbonyl (C=O) groups is 1. The number of nitrogens with one attached hydrogen (secondary N) is 1. The zero-order valence-corrected chi connectivity index (χ0v) is 13.9. The number of thiocarbonyl (C=S) groups is 1. The van der Waals surface area contributed by atoms with Crippen LogP contribution in [0.1, 0.15) is 36.0 Å². The highest BCUT2D eigenvalue weighted by atomic mass is 32.1. The van der Waals surface area contributed by atoms with Gasteiger partial charge in [-0.3, -0.25) is 10.1 Å². The lowest BCUT2D eigenvalue weighted by Crippen LogP contribution is -2.43. The monoisotopic (exact) mass is 322 g/mol. The van der Waals surface area contributed by atoms with Crippen LogP contribution < -0.4 is 14.8 Å². The van der Waals surface area contributed by atoms with Crippen molar-refractivity contribution < 1.29 is 14.3 Å². The van der Waals surface area contributed by atoms with Gasteiger partial charge in [0.05, 0.1) is 14.2 Å². The minimum absolute atomic E-state index is 0.244. The van der Waals surface area contributed by atoms with Crippen LogP contribution in [0.2, 0.25) is 0 Å². The molecule has 1 saturated heterocycles. The van der Waals surface area contributed by atoms with E-state index in [9.17, 15) is 4.79 Å². The fourth-order valence-electron chi connectivity index (χ4n) is 2.46. The van der Waals surface area contributed by atoms with Gasteiger partial charge in [0.2, 0.25) is 0 Å². The molecule has 5 nitrogen and oxygen atoms in total. The molecule has 1 aromatic rings. The van der Waals surface area contributed by atoms with Crippen molar-refractivity contribution >= 4 is 23.2 Å². The number of carbonyl (C=O) groups excluding carboxylic acids is 1. The van der Waals surface area contributed by atoms with Crippen molar-refractivity contribution in [1.82, 2.24) is 10.2 Å². The van der Waals surface area contributed by atoms with Crippen molar-refractivity contribution in [3.63, 3.8) is 0 Å². The van der Waals surface area contributed by atoms with Crippen molar-refractivity contribution in [1.29, 1.82) is 0 Å². The highest BCUT2D eigenvalue weighted by molar-refractivity contribution is 7.80. The largest absolute Gasteiger partial charge is 0.497 e. The average Bonchev–Trinajstić information content (AvgIpc) is 2.83. The molecule has 1 N–H and O–H groups in total. The third-order valence-electron chi connectivity index (χ3n) is 3.73. The van der Waals surface area contributed by atoms with E-state index in [0.717, 1.165) is 25.9 Å². The first-order chi connectivity index (χ1) is 10.6. The summed E-state index contributed by atoms with van der Waals surface area (Å²) in [6.45, 7) is 1.81. The molecule has 0 atom stereocenters. The van der Waals surface area contributed by atoms with Crippen LogP contribution in [0, 0.1) is 0 Å². The highest BCUT2D eigenvalue weighted by Gasteiger charge is 2.16. The van der Waals surface area contributed by atoms with Crippen LogP contribution >= 0.6 is 12.2 Å². The predicted molar refractivity (Wildman–Crippen MR) is 89.7 cm³/mol. The van der Waals surface area contributed by atoms with Gasteiger partial charge in [-0.2, -0.15) is 0 Å². The standard InChI is InChI=1S/C16H22N2O3S/c1-20-13-9-12(10-14(11-13)21-2)15(19)17-16(22)18-7-5-3-4-6-8-18/h9-11H,3-8H2,1-2H3,(H,17,19,22). The summed E-state index contributed by atoms with van der Waals surface area (Å²) in [4.78, 5) is 14.5. The third-order valence-corrected chi connectivity index (χ3v) is 4.09. The van der Waals surface area contributed by atoms with E-state index in [-0.39, 0.29) is 5.91 Å². The van der Waals surface area contributed by atoms with Crippen LogP contribution in [-0.4, -0.2) is 43.2 Å². The molecule has 0 aromatic heterocycles. The molecule has 22 heavy (non-hydrogen) atoms. The Bertz CT molecular complexity index is 518. The average molecular weight is 322 g/mol. The second kappa shape index (κ2) is 7.98. The summed E-state index contributed by atoms with van der Waals surface area (Å²) in [7, 11) is 3.11. The summed E-state index contributed by atoms with van der Waals surface area (Å²) in [6.07, 6.45) is 4.67. The van der Waals surface area contributed by atoms with E-state index >= 15 is 0 Å². The van der Waals surface area contributed by atoms with E-state index in [1.54, 1.807) is 32.4 Å². The number of amides is 1. The molecular weight excluding hydrogens is 300 g/mol. The predicted octanol–water partition coefficient (Wildman–Crippen LogP) is 2.59. The van der Waals surface area contributed by atoms with Gasteiger partial charge in [-0.1, -0.05) is 12.8 Å². The number of likely N-dealkylation sites (tertiary alicyclic amines) is 1. The second-order valence-corrected chi connectivity index (χ2v) is 5.65. The maximum atomic E-state index is 12.4. The van der Waals surface area contributed by atoms with Gasteiger partial charge in [0.25, 0.3) is 5.91 Å². The molecule has 1 heterocycles. The first-order valence-corrected chi connectivity index (χ1v) is 7.88. The van der Waals surface area contributed by atoms with Crippen LogP contribution in [0.25, 0.3) is 0 Å². The van der Waals surface area contributed by atoms with Gasteiger partial charge in [-0.15, -0.1) is 0 Å². The number of hydrogen-bond acceptors (Lipinski definition) is 4. The van der Waals surface area contributed by atoms with Gasteiger partial charge in [-0.05, 0) is 37.2 Å². The van der Waals surface area contributed by atoms with Crippen molar-refractivity contribution in [3.05, 3.63) is 23.8 Å².